The minimum atomic E-state index is -0.285. The molecule has 31 heavy (non-hydrogen) atoms. The zero-order valence-corrected chi connectivity index (χ0v) is 17.8. The standard InChI is InChI=1S/C23H21FN4O2S/c1-29-20-7-9-21(10-8-20)30-15-2-16-31-23-27-26-22(17-11-13-25-14-12-17)28(23)19-5-3-18(24)4-6-19/h3-14H,2,15-16H2,1H3. The predicted octanol–water partition coefficient (Wildman–Crippen LogP) is 5.04. The molecular formula is C23H21FN4O2S. The Bertz CT molecular complexity index is 1100. The highest BCUT2D eigenvalue weighted by molar-refractivity contribution is 7.99. The second-order valence-electron chi connectivity index (χ2n) is 6.58. The van der Waals surface area contributed by atoms with Crippen molar-refractivity contribution >= 4 is 11.8 Å². The van der Waals surface area contributed by atoms with E-state index >= 15 is 0 Å². The van der Waals surface area contributed by atoms with Crippen molar-refractivity contribution < 1.29 is 13.9 Å². The number of benzene rings is 2. The predicted molar refractivity (Wildman–Crippen MR) is 118 cm³/mol. The van der Waals surface area contributed by atoms with Crippen LogP contribution in [-0.2, 0) is 0 Å². The maximum absolute atomic E-state index is 13.4. The smallest absolute Gasteiger partial charge is 0.196 e. The first kappa shape index (κ1) is 20.9. The summed E-state index contributed by atoms with van der Waals surface area (Å²) in [5.74, 6) is 2.80. The summed E-state index contributed by atoms with van der Waals surface area (Å²) < 4.78 is 26.3. The van der Waals surface area contributed by atoms with Crippen LogP contribution in [0, 0.1) is 5.82 Å². The minimum absolute atomic E-state index is 0.285. The molecule has 0 N–H and O–H groups in total. The number of hydrogen-bond donors (Lipinski definition) is 0. The van der Waals surface area contributed by atoms with Gasteiger partial charge in [0.1, 0.15) is 17.3 Å². The Morgan fingerprint density at radius 1 is 0.903 bits per heavy atom. The van der Waals surface area contributed by atoms with E-state index in [-0.39, 0.29) is 5.82 Å². The molecule has 6 nitrogen and oxygen atoms in total. The van der Waals surface area contributed by atoms with Crippen molar-refractivity contribution in [1.82, 2.24) is 19.7 Å². The third kappa shape index (κ3) is 5.21. The van der Waals surface area contributed by atoms with Crippen LogP contribution >= 0.6 is 11.8 Å². The summed E-state index contributed by atoms with van der Waals surface area (Å²) in [5, 5.41) is 9.49. The van der Waals surface area contributed by atoms with Crippen molar-refractivity contribution in [3.8, 4) is 28.6 Å². The molecule has 0 saturated carbocycles. The van der Waals surface area contributed by atoms with Gasteiger partial charge in [-0.1, -0.05) is 11.8 Å². The van der Waals surface area contributed by atoms with Gasteiger partial charge >= 0.3 is 0 Å². The van der Waals surface area contributed by atoms with Gasteiger partial charge in [-0.25, -0.2) is 4.39 Å². The highest BCUT2D eigenvalue weighted by atomic mass is 32.2. The Morgan fingerprint density at radius 3 is 2.32 bits per heavy atom. The van der Waals surface area contributed by atoms with Crippen LogP contribution in [0.4, 0.5) is 4.39 Å². The van der Waals surface area contributed by atoms with Crippen molar-refractivity contribution in [3.05, 3.63) is 78.9 Å². The Balaban J connectivity index is 1.44. The van der Waals surface area contributed by atoms with Gasteiger partial charge in [0.15, 0.2) is 11.0 Å². The van der Waals surface area contributed by atoms with Crippen molar-refractivity contribution in [2.45, 2.75) is 11.6 Å². The molecular weight excluding hydrogens is 415 g/mol. The van der Waals surface area contributed by atoms with E-state index in [1.54, 1.807) is 43.4 Å². The molecule has 158 valence electrons. The Morgan fingerprint density at radius 2 is 1.61 bits per heavy atom. The van der Waals surface area contributed by atoms with E-state index in [0.717, 1.165) is 40.1 Å². The molecule has 4 aromatic rings. The maximum Gasteiger partial charge on any atom is 0.196 e. The Kier molecular flexibility index (Phi) is 6.78. The van der Waals surface area contributed by atoms with Crippen LogP contribution in [-0.4, -0.2) is 39.2 Å². The fourth-order valence-corrected chi connectivity index (χ4v) is 3.82. The molecule has 2 heterocycles. The number of rotatable bonds is 9. The Hall–Kier alpha value is -3.39. The molecule has 0 spiro atoms. The van der Waals surface area contributed by atoms with Crippen molar-refractivity contribution in [3.63, 3.8) is 0 Å². The van der Waals surface area contributed by atoms with Crippen LogP contribution in [0.3, 0.4) is 0 Å². The number of ether oxygens (including phenoxy) is 2. The van der Waals surface area contributed by atoms with E-state index in [9.17, 15) is 4.39 Å². The topological polar surface area (TPSA) is 62.1 Å². The summed E-state index contributed by atoms with van der Waals surface area (Å²) in [6.07, 6.45) is 4.25. The zero-order chi connectivity index (χ0) is 21.5. The maximum atomic E-state index is 13.4. The average Bonchev–Trinajstić information content (AvgIpc) is 3.24. The lowest BCUT2D eigenvalue weighted by Gasteiger charge is -2.11. The highest BCUT2D eigenvalue weighted by Crippen LogP contribution is 2.28. The number of methoxy groups -OCH3 is 1. The van der Waals surface area contributed by atoms with Gasteiger partial charge in [-0.15, -0.1) is 10.2 Å². The largest absolute Gasteiger partial charge is 0.497 e. The number of thioether (sulfide) groups is 1. The van der Waals surface area contributed by atoms with E-state index < -0.39 is 0 Å². The fourth-order valence-electron chi connectivity index (χ4n) is 2.96. The minimum Gasteiger partial charge on any atom is -0.497 e. The fraction of sp³-hybridized carbons (Fsp3) is 0.174. The molecule has 2 aromatic heterocycles. The van der Waals surface area contributed by atoms with Crippen LogP contribution < -0.4 is 9.47 Å². The first-order valence-corrected chi connectivity index (χ1v) is 10.7. The molecule has 0 aliphatic rings. The molecule has 0 saturated heterocycles. The van der Waals surface area contributed by atoms with Crippen LogP contribution in [0.15, 0.2) is 78.2 Å². The first-order valence-electron chi connectivity index (χ1n) is 9.76. The van der Waals surface area contributed by atoms with Gasteiger partial charge in [-0.2, -0.15) is 0 Å². The van der Waals surface area contributed by atoms with E-state index in [2.05, 4.69) is 15.2 Å². The SMILES string of the molecule is COc1ccc(OCCCSc2nnc(-c3ccncc3)n2-c2ccc(F)cc2)cc1. The third-order valence-corrected chi connectivity index (χ3v) is 5.52. The van der Waals surface area contributed by atoms with Gasteiger partial charge in [0.25, 0.3) is 0 Å². The molecule has 0 unspecified atom stereocenters. The van der Waals surface area contributed by atoms with Crippen molar-refractivity contribution in [2.75, 3.05) is 19.5 Å². The number of aromatic nitrogens is 4. The van der Waals surface area contributed by atoms with Gasteiger partial charge in [-0.05, 0) is 67.1 Å². The molecule has 0 bridgehead atoms. The summed E-state index contributed by atoms with van der Waals surface area (Å²) in [6.45, 7) is 0.585. The summed E-state index contributed by atoms with van der Waals surface area (Å²) >= 11 is 1.58. The molecule has 0 aliphatic carbocycles. The average molecular weight is 437 g/mol. The summed E-state index contributed by atoms with van der Waals surface area (Å²) in [4.78, 5) is 4.06. The monoisotopic (exact) mass is 436 g/mol. The summed E-state index contributed by atoms with van der Waals surface area (Å²) in [6, 6.07) is 17.6. The third-order valence-electron chi connectivity index (χ3n) is 4.50. The van der Waals surface area contributed by atoms with Gasteiger partial charge in [0.2, 0.25) is 0 Å². The highest BCUT2D eigenvalue weighted by Gasteiger charge is 2.16. The molecule has 0 amide bonds. The quantitative estimate of drug-likeness (QED) is 0.271. The second-order valence-corrected chi connectivity index (χ2v) is 7.64. The van der Waals surface area contributed by atoms with Crippen LogP contribution in [0.25, 0.3) is 17.1 Å². The first-order chi connectivity index (χ1) is 15.2. The molecule has 0 radical (unpaired) electrons. The summed E-state index contributed by atoms with van der Waals surface area (Å²) in [5.41, 5.74) is 1.69. The van der Waals surface area contributed by atoms with Crippen molar-refractivity contribution in [1.29, 1.82) is 0 Å². The lowest BCUT2D eigenvalue weighted by atomic mass is 10.2. The molecule has 0 atom stereocenters. The molecule has 2 aromatic carbocycles. The van der Waals surface area contributed by atoms with Gasteiger partial charge in [0, 0.05) is 29.4 Å². The van der Waals surface area contributed by atoms with Gasteiger partial charge in [0.05, 0.1) is 13.7 Å². The number of hydrogen-bond acceptors (Lipinski definition) is 6. The molecule has 4 rings (SSSR count). The van der Waals surface area contributed by atoms with E-state index in [1.807, 2.05) is 41.0 Å². The van der Waals surface area contributed by atoms with Crippen LogP contribution in [0.1, 0.15) is 6.42 Å². The Labute approximate surface area is 184 Å². The van der Waals surface area contributed by atoms with E-state index in [4.69, 9.17) is 9.47 Å². The van der Waals surface area contributed by atoms with E-state index in [0.29, 0.717) is 12.4 Å². The molecule has 8 heteroatoms. The van der Waals surface area contributed by atoms with Crippen LogP contribution in [0.5, 0.6) is 11.5 Å². The van der Waals surface area contributed by atoms with Gasteiger partial charge in [-0.3, -0.25) is 9.55 Å². The molecule has 0 fully saturated rings. The number of nitrogens with zero attached hydrogens (tertiary/aromatic N) is 4. The molecule has 0 aliphatic heterocycles. The lowest BCUT2D eigenvalue weighted by Crippen LogP contribution is -2.02. The second kappa shape index (κ2) is 10.1. The zero-order valence-electron chi connectivity index (χ0n) is 16.9. The lowest BCUT2D eigenvalue weighted by molar-refractivity contribution is 0.318. The van der Waals surface area contributed by atoms with Crippen LogP contribution in [0.2, 0.25) is 0 Å². The van der Waals surface area contributed by atoms with E-state index in [1.165, 1.54) is 12.1 Å². The van der Waals surface area contributed by atoms with Crippen molar-refractivity contribution in [2.24, 2.45) is 0 Å². The summed E-state index contributed by atoms with van der Waals surface area (Å²) in [7, 11) is 1.64. The normalized spacial score (nSPS) is 10.8. The number of halogens is 1. The van der Waals surface area contributed by atoms with Gasteiger partial charge < -0.3 is 9.47 Å². The number of pyridine rings is 1.